The minimum absolute atomic E-state index is 0.288. The van der Waals surface area contributed by atoms with Crippen molar-refractivity contribution in [3.63, 3.8) is 0 Å². The van der Waals surface area contributed by atoms with Gasteiger partial charge in [0, 0.05) is 18.7 Å². The number of hydrogen-bond acceptors (Lipinski definition) is 4. The van der Waals surface area contributed by atoms with Gasteiger partial charge >= 0.3 is 0 Å². The highest BCUT2D eigenvalue weighted by molar-refractivity contribution is 5.32. The van der Waals surface area contributed by atoms with E-state index in [0.717, 1.165) is 11.5 Å². The van der Waals surface area contributed by atoms with Crippen molar-refractivity contribution in [2.24, 2.45) is 5.41 Å². The van der Waals surface area contributed by atoms with Gasteiger partial charge in [-0.3, -0.25) is 0 Å². The summed E-state index contributed by atoms with van der Waals surface area (Å²) in [5.41, 5.74) is 0.415. The molecule has 1 aromatic carbocycles. The van der Waals surface area contributed by atoms with Gasteiger partial charge in [0.25, 0.3) is 0 Å². The van der Waals surface area contributed by atoms with Crippen LogP contribution in [0.25, 0.3) is 0 Å². The van der Waals surface area contributed by atoms with E-state index < -0.39 is 6.10 Å². The van der Waals surface area contributed by atoms with E-state index in [-0.39, 0.29) is 6.61 Å². The first-order valence-electron chi connectivity index (χ1n) is 8.17. The molecule has 0 aliphatic heterocycles. The van der Waals surface area contributed by atoms with Crippen LogP contribution in [0.15, 0.2) is 24.3 Å². The third kappa shape index (κ3) is 5.50. The molecule has 2 atom stereocenters. The molecule has 1 fully saturated rings. The Labute approximate surface area is 133 Å². The van der Waals surface area contributed by atoms with Gasteiger partial charge in [-0.15, -0.1) is 0 Å². The van der Waals surface area contributed by atoms with Crippen LogP contribution in [-0.4, -0.2) is 37.5 Å². The Morgan fingerprint density at radius 1 is 1.36 bits per heavy atom. The Morgan fingerprint density at radius 3 is 2.86 bits per heavy atom. The summed E-state index contributed by atoms with van der Waals surface area (Å²) in [5, 5.41) is 13.6. The molecular formula is C18H29NO3. The van der Waals surface area contributed by atoms with Gasteiger partial charge in [0.2, 0.25) is 0 Å². The van der Waals surface area contributed by atoms with Crippen LogP contribution in [0.3, 0.4) is 0 Å². The van der Waals surface area contributed by atoms with E-state index in [9.17, 15) is 5.11 Å². The predicted molar refractivity (Wildman–Crippen MR) is 88.5 cm³/mol. The van der Waals surface area contributed by atoms with Crippen molar-refractivity contribution in [2.45, 2.75) is 51.7 Å². The fourth-order valence-corrected chi connectivity index (χ4v) is 3.12. The van der Waals surface area contributed by atoms with Crippen LogP contribution in [0.1, 0.15) is 39.5 Å². The number of aliphatic hydroxyl groups is 1. The third-order valence-electron chi connectivity index (χ3n) is 4.33. The molecule has 2 rings (SSSR count). The zero-order valence-electron chi connectivity index (χ0n) is 14.0. The second kappa shape index (κ2) is 7.84. The second-order valence-electron chi connectivity index (χ2n) is 7.01. The van der Waals surface area contributed by atoms with Crippen LogP contribution >= 0.6 is 0 Å². The summed E-state index contributed by atoms with van der Waals surface area (Å²) in [6.45, 7) is 5.51. The largest absolute Gasteiger partial charge is 0.497 e. The lowest BCUT2D eigenvalue weighted by molar-refractivity contribution is 0.0964. The first-order valence-corrected chi connectivity index (χ1v) is 8.17. The molecular weight excluding hydrogens is 278 g/mol. The fourth-order valence-electron chi connectivity index (χ4n) is 3.12. The number of benzene rings is 1. The molecule has 124 valence electrons. The van der Waals surface area contributed by atoms with Crippen molar-refractivity contribution in [1.29, 1.82) is 0 Å². The highest BCUT2D eigenvalue weighted by atomic mass is 16.5. The van der Waals surface area contributed by atoms with E-state index in [1.807, 2.05) is 24.3 Å². The Balaban J connectivity index is 1.70. The van der Waals surface area contributed by atoms with Crippen molar-refractivity contribution in [3.05, 3.63) is 24.3 Å². The van der Waals surface area contributed by atoms with Gasteiger partial charge in [0.05, 0.1) is 7.11 Å². The minimum atomic E-state index is -0.503. The van der Waals surface area contributed by atoms with Gasteiger partial charge in [0.15, 0.2) is 0 Å². The van der Waals surface area contributed by atoms with Crippen molar-refractivity contribution in [1.82, 2.24) is 5.32 Å². The molecule has 0 spiro atoms. The SMILES string of the molecule is COc1cccc(OCC(O)CNC2CCCC(C)(C)C2)c1. The molecule has 0 saturated heterocycles. The van der Waals surface area contributed by atoms with Gasteiger partial charge in [-0.25, -0.2) is 0 Å². The number of hydrogen-bond donors (Lipinski definition) is 2. The zero-order chi connectivity index (χ0) is 16.0. The molecule has 0 amide bonds. The summed E-state index contributed by atoms with van der Waals surface area (Å²) in [6.07, 6.45) is 4.44. The first-order chi connectivity index (χ1) is 10.5. The van der Waals surface area contributed by atoms with E-state index in [2.05, 4.69) is 19.2 Å². The third-order valence-corrected chi connectivity index (χ3v) is 4.33. The fraction of sp³-hybridized carbons (Fsp3) is 0.667. The van der Waals surface area contributed by atoms with E-state index in [4.69, 9.17) is 9.47 Å². The average Bonchev–Trinajstić information content (AvgIpc) is 2.50. The van der Waals surface area contributed by atoms with Gasteiger partial charge in [-0.05, 0) is 36.8 Å². The number of rotatable bonds is 7. The van der Waals surface area contributed by atoms with Gasteiger partial charge in [-0.2, -0.15) is 0 Å². The van der Waals surface area contributed by atoms with Crippen LogP contribution in [0.5, 0.6) is 11.5 Å². The summed E-state index contributed by atoms with van der Waals surface area (Å²) < 4.78 is 10.8. The van der Waals surface area contributed by atoms with Gasteiger partial charge < -0.3 is 19.9 Å². The molecule has 1 saturated carbocycles. The topological polar surface area (TPSA) is 50.7 Å². The van der Waals surface area contributed by atoms with Crippen molar-refractivity contribution in [2.75, 3.05) is 20.3 Å². The van der Waals surface area contributed by atoms with Crippen molar-refractivity contribution >= 4 is 0 Å². The van der Waals surface area contributed by atoms with Crippen LogP contribution in [0, 0.1) is 5.41 Å². The molecule has 4 heteroatoms. The normalized spacial score (nSPS) is 22.1. The quantitative estimate of drug-likeness (QED) is 0.813. The number of aliphatic hydroxyl groups excluding tert-OH is 1. The van der Waals surface area contributed by atoms with E-state index >= 15 is 0 Å². The highest BCUT2D eigenvalue weighted by Gasteiger charge is 2.27. The molecule has 2 unspecified atom stereocenters. The monoisotopic (exact) mass is 307 g/mol. The Kier molecular flexibility index (Phi) is 6.09. The van der Waals surface area contributed by atoms with E-state index in [0.29, 0.717) is 18.0 Å². The molecule has 0 heterocycles. The maximum absolute atomic E-state index is 10.1. The Morgan fingerprint density at radius 2 is 2.14 bits per heavy atom. The van der Waals surface area contributed by atoms with Crippen LogP contribution < -0.4 is 14.8 Å². The van der Waals surface area contributed by atoms with Crippen molar-refractivity contribution < 1.29 is 14.6 Å². The minimum Gasteiger partial charge on any atom is -0.497 e. The standard InChI is InChI=1S/C18H29NO3/c1-18(2)9-5-6-14(11-18)19-12-15(20)13-22-17-8-4-7-16(10-17)21-3/h4,7-8,10,14-15,19-20H,5-6,9,11-13H2,1-3H3. The molecule has 0 aromatic heterocycles. The Bertz CT molecular complexity index is 461. The first kappa shape index (κ1) is 17.1. The maximum Gasteiger partial charge on any atom is 0.123 e. The molecule has 0 bridgehead atoms. The summed E-state index contributed by atoms with van der Waals surface area (Å²) >= 11 is 0. The molecule has 1 aromatic rings. The van der Waals surface area contributed by atoms with Crippen LogP contribution in [0.4, 0.5) is 0 Å². The van der Waals surface area contributed by atoms with Gasteiger partial charge in [0.1, 0.15) is 24.2 Å². The summed E-state index contributed by atoms with van der Waals surface area (Å²) in [5.74, 6) is 1.48. The molecule has 1 aliphatic carbocycles. The van der Waals surface area contributed by atoms with Crippen LogP contribution in [-0.2, 0) is 0 Å². The second-order valence-corrected chi connectivity index (χ2v) is 7.01. The smallest absolute Gasteiger partial charge is 0.123 e. The lowest BCUT2D eigenvalue weighted by Crippen LogP contribution is -2.42. The lowest BCUT2D eigenvalue weighted by atomic mass is 9.75. The van der Waals surface area contributed by atoms with Crippen LogP contribution in [0.2, 0.25) is 0 Å². The average molecular weight is 307 g/mol. The summed E-state index contributed by atoms with van der Waals surface area (Å²) in [6, 6.07) is 7.95. The Hall–Kier alpha value is -1.26. The van der Waals surface area contributed by atoms with Crippen molar-refractivity contribution in [3.8, 4) is 11.5 Å². The summed E-state index contributed by atoms with van der Waals surface area (Å²) in [4.78, 5) is 0. The summed E-state index contributed by atoms with van der Waals surface area (Å²) in [7, 11) is 1.63. The van der Waals surface area contributed by atoms with Gasteiger partial charge in [-0.1, -0.05) is 26.3 Å². The van der Waals surface area contributed by atoms with E-state index in [1.165, 1.54) is 25.7 Å². The zero-order valence-corrected chi connectivity index (χ0v) is 14.0. The molecule has 2 N–H and O–H groups in total. The molecule has 4 nitrogen and oxygen atoms in total. The lowest BCUT2D eigenvalue weighted by Gasteiger charge is -2.36. The predicted octanol–water partition coefficient (Wildman–Crippen LogP) is 2.99. The van der Waals surface area contributed by atoms with E-state index in [1.54, 1.807) is 7.11 Å². The highest BCUT2D eigenvalue weighted by Crippen LogP contribution is 2.35. The number of methoxy groups -OCH3 is 1. The molecule has 0 radical (unpaired) electrons. The molecule has 1 aliphatic rings. The molecule has 22 heavy (non-hydrogen) atoms. The number of ether oxygens (including phenoxy) is 2. The number of nitrogens with one attached hydrogen (secondary N) is 1. The maximum atomic E-state index is 10.1.